The Morgan fingerprint density at radius 3 is 1.71 bits per heavy atom. The van der Waals surface area contributed by atoms with E-state index in [9.17, 15) is 0 Å². The monoisotopic (exact) mass is 574 g/mol. The maximum absolute atomic E-state index is 6.68. The van der Waals surface area contributed by atoms with Crippen LogP contribution >= 0.6 is 0 Å². The summed E-state index contributed by atoms with van der Waals surface area (Å²) >= 11 is 0. The molecular weight excluding hydrogens is 548 g/mol. The molecular formula is C42H26N2O. The summed E-state index contributed by atoms with van der Waals surface area (Å²) in [5.41, 5.74) is 11.5. The molecule has 45 heavy (non-hydrogen) atoms. The maximum Gasteiger partial charge on any atom is 0.159 e. The van der Waals surface area contributed by atoms with Gasteiger partial charge in [0.2, 0.25) is 0 Å². The van der Waals surface area contributed by atoms with E-state index in [-0.39, 0.29) is 0 Å². The lowest BCUT2D eigenvalue weighted by atomic mass is 9.98. The molecule has 3 heterocycles. The van der Waals surface area contributed by atoms with Crippen LogP contribution in [0, 0.1) is 0 Å². The molecule has 9 aromatic rings. The second-order valence-electron chi connectivity index (χ2n) is 11.8. The fourth-order valence-electron chi connectivity index (χ4n) is 7.33. The summed E-state index contributed by atoms with van der Waals surface area (Å²) in [5, 5.41) is 5.00. The lowest BCUT2D eigenvalue weighted by molar-refractivity contribution is 0.478. The van der Waals surface area contributed by atoms with E-state index in [1.165, 1.54) is 49.2 Å². The van der Waals surface area contributed by atoms with Crippen LogP contribution in [-0.4, -0.2) is 9.13 Å². The molecule has 0 spiro atoms. The summed E-state index contributed by atoms with van der Waals surface area (Å²) in [5.74, 6) is 1.78. The number of para-hydroxylation sites is 5. The van der Waals surface area contributed by atoms with E-state index >= 15 is 0 Å². The number of rotatable bonds is 3. The van der Waals surface area contributed by atoms with Crippen LogP contribution in [0.25, 0.3) is 77.2 Å². The zero-order valence-electron chi connectivity index (χ0n) is 24.3. The van der Waals surface area contributed by atoms with Gasteiger partial charge >= 0.3 is 0 Å². The fourth-order valence-corrected chi connectivity index (χ4v) is 7.33. The van der Waals surface area contributed by atoms with Gasteiger partial charge in [-0.05, 0) is 59.2 Å². The minimum Gasteiger partial charge on any atom is -0.452 e. The summed E-state index contributed by atoms with van der Waals surface area (Å²) in [6, 6.07) is 56.4. The summed E-state index contributed by atoms with van der Waals surface area (Å²) in [6.07, 6.45) is 0. The van der Waals surface area contributed by atoms with Crippen molar-refractivity contribution in [2.45, 2.75) is 0 Å². The average Bonchev–Trinajstić information content (AvgIpc) is 3.63. The number of benzene rings is 7. The summed E-state index contributed by atoms with van der Waals surface area (Å²) in [6.45, 7) is 0. The molecule has 1 aliphatic rings. The molecule has 210 valence electrons. The van der Waals surface area contributed by atoms with E-state index < -0.39 is 0 Å². The number of ether oxygens (including phenoxy) is 1. The van der Waals surface area contributed by atoms with Crippen LogP contribution in [0.2, 0.25) is 0 Å². The SMILES string of the molecule is c1cc(-c2ccc(-c3cccc4c3Oc3cccc5c6ccccc6n-4c35)cc2)cc(-n2c3ccccc3c3ccccc32)c1. The standard InChI is InChI=1S/C42H26N2O/c1-4-17-36-32(12-1)33-13-2-5-18-37(33)43(36)30-11-7-10-29(26-30)27-22-24-28(25-23-27)31-15-8-20-39-42(31)45-40-21-9-16-35-34-14-3-6-19-38(34)44(39)41(35)40/h1-26H. The van der Waals surface area contributed by atoms with Crippen molar-refractivity contribution in [2.75, 3.05) is 0 Å². The van der Waals surface area contributed by atoms with Crippen LogP contribution in [0.1, 0.15) is 0 Å². The van der Waals surface area contributed by atoms with Crippen LogP contribution in [0.15, 0.2) is 158 Å². The maximum atomic E-state index is 6.68. The molecule has 3 nitrogen and oxygen atoms in total. The molecule has 7 aromatic carbocycles. The molecule has 1 aliphatic heterocycles. The smallest absolute Gasteiger partial charge is 0.159 e. The highest BCUT2D eigenvalue weighted by molar-refractivity contribution is 6.12. The summed E-state index contributed by atoms with van der Waals surface area (Å²) in [7, 11) is 0. The lowest BCUT2D eigenvalue weighted by Gasteiger charge is -2.23. The molecule has 0 bridgehead atoms. The van der Waals surface area contributed by atoms with Gasteiger partial charge in [-0.1, -0.05) is 115 Å². The van der Waals surface area contributed by atoms with Crippen LogP contribution in [0.5, 0.6) is 11.5 Å². The number of aromatic nitrogens is 2. The Hall–Kier alpha value is -6.06. The van der Waals surface area contributed by atoms with Gasteiger partial charge in [0.25, 0.3) is 0 Å². The third-order valence-electron chi connectivity index (χ3n) is 9.32. The van der Waals surface area contributed by atoms with Gasteiger partial charge < -0.3 is 13.9 Å². The van der Waals surface area contributed by atoms with Crippen molar-refractivity contribution in [2.24, 2.45) is 0 Å². The highest BCUT2D eigenvalue weighted by Gasteiger charge is 2.25. The Morgan fingerprint density at radius 2 is 0.978 bits per heavy atom. The minimum atomic E-state index is 0.889. The first-order chi connectivity index (χ1) is 22.3. The van der Waals surface area contributed by atoms with Crippen LogP contribution in [0.3, 0.4) is 0 Å². The normalized spacial score (nSPS) is 12.2. The highest BCUT2D eigenvalue weighted by atomic mass is 16.5. The van der Waals surface area contributed by atoms with E-state index in [0.29, 0.717) is 0 Å². The quantitative estimate of drug-likeness (QED) is 0.205. The van der Waals surface area contributed by atoms with Gasteiger partial charge in [0.05, 0.1) is 27.8 Å². The molecule has 10 rings (SSSR count). The molecule has 0 amide bonds. The van der Waals surface area contributed by atoms with Gasteiger partial charge in [0, 0.05) is 32.8 Å². The number of hydrogen-bond acceptors (Lipinski definition) is 1. The zero-order valence-corrected chi connectivity index (χ0v) is 24.3. The number of fused-ring (bicyclic) bond motifs is 8. The molecule has 0 N–H and O–H groups in total. The summed E-state index contributed by atoms with van der Waals surface area (Å²) < 4.78 is 11.4. The fraction of sp³-hybridized carbons (Fsp3) is 0. The van der Waals surface area contributed by atoms with Gasteiger partial charge in [-0.3, -0.25) is 0 Å². The Morgan fingerprint density at radius 1 is 0.400 bits per heavy atom. The summed E-state index contributed by atoms with van der Waals surface area (Å²) in [4.78, 5) is 0. The first-order valence-electron chi connectivity index (χ1n) is 15.4. The third kappa shape index (κ3) is 3.46. The van der Waals surface area contributed by atoms with E-state index in [1.54, 1.807) is 0 Å². The van der Waals surface area contributed by atoms with Gasteiger partial charge in [0.1, 0.15) is 0 Å². The van der Waals surface area contributed by atoms with Crippen molar-refractivity contribution in [1.29, 1.82) is 0 Å². The van der Waals surface area contributed by atoms with Crippen LogP contribution in [-0.2, 0) is 0 Å². The van der Waals surface area contributed by atoms with Crippen molar-refractivity contribution in [3.05, 3.63) is 158 Å². The Balaban J connectivity index is 1.07. The molecule has 0 fully saturated rings. The molecule has 0 radical (unpaired) electrons. The van der Waals surface area contributed by atoms with Crippen molar-refractivity contribution in [1.82, 2.24) is 9.13 Å². The molecule has 0 atom stereocenters. The predicted octanol–water partition coefficient (Wildman–Crippen LogP) is 11.3. The molecule has 0 unspecified atom stereocenters. The van der Waals surface area contributed by atoms with E-state index in [1.807, 2.05) is 0 Å². The molecule has 2 aromatic heterocycles. The van der Waals surface area contributed by atoms with Gasteiger partial charge in [-0.25, -0.2) is 0 Å². The largest absolute Gasteiger partial charge is 0.452 e. The molecule has 0 saturated carbocycles. The molecule has 3 heteroatoms. The lowest BCUT2D eigenvalue weighted by Crippen LogP contribution is -2.05. The average molecular weight is 575 g/mol. The molecule has 0 aliphatic carbocycles. The van der Waals surface area contributed by atoms with Gasteiger partial charge in [-0.2, -0.15) is 0 Å². The highest BCUT2D eigenvalue weighted by Crippen LogP contribution is 2.48. The van der Waals surface area contributed by atoms with E-state index in [2.05, 4.69) is 167 Å². The van der Waals surface area contributed by atoms with E-state index in [4.69, 9.17) is 4.74 Å². The Bertz CT molecular complexity index is 2570. The second kappa shape index (κ2) is 9.22. The van der Waals surface area contributed by atoms with Crippen LogP contribution < -0.4 is 4.74 Å². The van der Waals surface area contributed by atoms with Crippen molar-refractivity contribution >= 4 is 43.6 Å². The second-order valence-corrected chi connectivity index (χ2v) is 11.8. The third-order valence-corrected chi connectivity index (χ3v) is 9.32. The van der Waals surface area contributed by atoms with Gasteiger partial charge in [0.15, 0.2) is 11.5 Å². The first-order valence-corrected chi connectivity index (χ1v) is 15.4. The predicted molar refractivity (Wildman–Crippen MR) is 186 cm³/mol. The van der Waals surface area contributed by atoms with Crippen molar-refractivity contribution in [3.63, 3.8) is 0 Å². The Kier molecular flexibility index (Phi) is 5.00. The van der Waals surface area contributed by atoms with Crippen molar-refractivity contribution < 1.29 is 4.74 Å². The number of hydrogen-bond donors (Lipinski definition) is 0. The number of nitrogens with zero attached hydrogens (tertiary/aromatic N) is 2. The topological polar surface area (TPSA) is 19.1 Å². The first kappa shape index (κ1) is 24.4. The van der Waals surface area contributed by atoms with E-state index in [0.717, 1.165) is 39.5 Å². The minimum absolute atomic E-state index is 0.889. The van der Waals surface area contributed by atoms with Crippen molar-refractivity contribution in [3.8, 4) is 45.1 Å². The zero-order chi connectivity index (χ0) is 29.5. The van der Waals surface area contributed by atoms with Gasteiger partial charge in [-0.15, -0.1) is 0 Å². The molecule has 0 saturated heterocycles. The van der Waals surface area contributed by atoms with Crippen LogP contribution in [0.4, 0.5) is 0 Å². The Labute approximate surface area is 259 Å².